The highest BCUT2D eigenvalue weighted by Crippen LogP contribution is 2.13. The zero-order valence-corrected chi connectivity index (χ0v) is 13.6. The molecule has 0 amide bonds. The predicted octanol–water partition coefficient (Wildman–Crippen LogP) is 2.73. The zero-order valence-electron chi connectivity index (χ0n) is 12.0. The molecule has 0 unspecified atom stereocenters. The fourth-order valence-corrected chi connectivity index (χ4v) is 2.08. The summed E-state index contributed by atoms with van der Waals surface area (Å²) in [5.74, 6) is 0.376. The Morgan fingerprint density at radius 2 is 1.68 bits per heavy atom. The number of hydrogen-bond acceptors (Lipinski definition) is 1. The fraction of sp³-hybridized carbons (Fsp3) is 0.125. The van der Waals surface area contributed by atoms with E-state index in [1.54, 1.807) is 0 Å². The van der Waals surface area contributed by atoms with Gasteiger partial charge >= 0.3 is 0 Å². The highest BCUT2D eigenvalue weighted by atomic mass is 79.9. The lowest BCUT2D eigenvalue weighted by Crippen LogP contribution is -2.26. The van der Waals surface area contributed by atoms with Gasteiger partial charge in [0, 0.05) is 16.7 Å². The van der Waals surface area contributed by atoms with E-state index in [0.717, 1.165) is 16.6 Å². The van der Waals surface area contributed by atoms with E-state index in [4.69, 9.17) is 11.5 Å². The van der Waals surface area contributed by atoms with Gasteiger partial charge in [-0.1, -0.05) is 46.3 Å². The molecular weight excluding hydrogens is 342 g/mol. The zero-order chi connectivity index (χ0) is 15.8. The van der Waals surface area contributed by atoms with Crippen LogP contribution in [0.4, 0.5) is 5.69 Å². The van der Waals surface area contributed by atoms with Crippen molar-refractivity contribution in [3.05, 3.63) is 64.6 Å². The fourth-order valence-electron chi connectivity index (χ4n) is 1.81. The van der Waals surface area contributed by atoms with Crippen LogP contribution in [0.1, 0.15) is 5.56 Å². The van der Waals surface area contributed by atoms with Crippen molar-refractivity contribution in [3.8, 4) is 0 Å². The third-order valence-corrected chi connectivity index (χ3v) is 3.40. The van der Waals surface area contributed by atoms with Gasteiger partial charge in [0.1, 0.15) is 0 Å². The summed E-state index contributed by atoms with van der Waals surface area (Å²) < 4.78 is 0.996. The quantitative estimate of drug-likeness (QED) is 0.579. The molecule has 114 valence electrons. The number of hydrogen-bond donors (Lipinski definition) is 3. The first-order valence-corrected chi connectivity index (χ1v) is 7.63. The molecule has 0 bridgehead atoms. The summed E-state index contributed by atoms with van der Waals surface area (Å²) >= 11 is 3.37. The molecule has 2 aromatic carbocycles. The third-order valence-electron chi connectivity index (χ3n) is 2.87. The van der Waals surface area contributed by atoms with E-state index in [9.17, 15) is 0 Å². The molecule has 2 rings (SSSR count). The second kappa shape index (κ2) is 8.19. The van der Waals surface area contributed by atoms with Crippen molar-refractivity contribution in [1.29, 1.82) is 0 Å². The number of anilines is 1. The molecule has 0 aliphatic heterocycles. The number of guanidine groups is 2. The Bertz CT molecular complexity index is 650. The van der Waals surface area contributed by atoms with Gasteiger partial charge in [-0.25, -0.2) is 0 Å². The minimum Gasteiger partial charge on any atom is -0.369 e. The molecule has 2 aromatic rings. The van der Waals surface area contributed by atoms with E-state index in [1.807, 2.05) is 42.5 Å². The second-order valence-electron chi connectivity index (χ2n) is 4.60. The molecule has 0 spiro atoms. The van der Waals surface area contributed by atoms with Gasteiger partial charge in [0.25, 0.3) is 0 Å². The van der Waals surface area contributed by atoms with E-state index in [1.165, 1.54) is 5.56 Å². The first-order valence-electron chi connectivity index (χ1n) is 6.84. The van der Waals surface area contributed by atoms with Crippen LogP contribution in [-0.2, 0) is 6.42 Å². The van der Waals surface area contributed by atoms with Crippen molar-refractivity contribution in [2.75, 3.05) is 11.9 Å². The van der Waals surface area contributed by atoms with Gasteiger partial charge in [-0.15, -0.1) is 0 Å². The van der Waals surface area contributed by atoms with Gasteiger partial charge in [-0.3, -0.25) is 4.99 Å². The molecule has 0 saturated carbocycles. The molecule has 0 fully saturated rings. The average Bonchev–Trinajstić information content (AvgIpc) is 2.50. The topological polar surface area (TPSA) is 88.8 Å². The highest BCUT2D eigenvalue weighted by molar-refractivity contribution is 9.10. The summed E-state index contributed by atoms with van der Waals surface area (Å²) in [7, 11) is 0. The molecule has 22 heavy (non-hydrogen) atoms. The van der Waals surface area contributed by atoms with E-state index >= 15 is 0 Å². The standard InChI is InChI=1S/C16H18BrN5/c17-13-6-8-14(9-7-13)21-16(19)22-15(18)20-11-10-12-4-2-1-3-5-12/h1-9H,10-11H2,(H5,18,19,20,21,22). The SMILES string of the molecule is NC(=NCCc1ccccc1)/N=C(\N)Nc1ccc(Br)cc1. The molecule has 0 aliphatic carbocycles. The van der Waals surface area contributed by atoms with Gasteiger partial charge in [-0.2, -0.15) is 4.99 Å². The van der Waals surface area contributed by atoms with Gasteiger partial charge in [-0.05, 0) is 36.2 Å². The van der Waals surface area contributed by atoms with Crippen LogP contribution in [0.15, 0.2) is 69.1 Å². The molecule has 0 saturated heterocycles. The average molecular weight is 360 g/mol. The maximum absolute atomic E-state index is 5.79. The maximum Gasteiger partial charge on any atom is 0.218 e. The van der Waals surface area contributed by atoms with Crippen molar-refractivity contribution in [3.63, 3.8) is 0 Å². The monoisotopic (exact) mass is 359 g/mol. The van der Waals surface area contributed by atoms with Crippen molar-refractivity contribution in [2.45, 2.75) is 6.42 Å². The van der Waals surface area contributed by atoms with E-state index in [0.29, 0.717) is 6.54 Å². The van der Waals surface area contributed by atoms with Gasteiger partial charge in [0.05, 0.1) is 0 Å². The van der Waals surface area contributed by atoms with Crippen LogP contribution in [0.2, 0.25) is 0 Å². The molecule has 5 nitrogen and oxygen atoms in total. The third kappa shape index (κ3) is 5.57. The lowest BCUT2D eigenvalue weighted by molar-refractivity contribution is 0.962. The predicted molar refractivity (Wildman–Crippen MR) is 96.0 cm³/mol. The van der Waals surface area contributed by atoms with Crippen molar-refractivity contribution < 1.29 is 0 Å². The van der Waals surface area contributed by atoms with Crippen LogP contribution in [0.3, 0.4) is 0 Å². The summed E-state index contributed by atoms with van der Waals surface area (Å²) in [5, 5.41) is 2.95. The second-order valence-corrected chi connectivity index (χ2v) is 5.52. The van der Waals surface area contributed by atoms with Crippen LogP contribution >= 0.6 is 15.9 Å². The molecule has 0 aliphatic rings. The number of rotatable bonds is 4. The largest absolute Gasteiger partial charge is 0.369 e. The number of halogens is 1. The lowest BCUT2D eigenvalue weighted by atomic mass is 10.2. The van der Waals surface area contributed by atoms with Crippen LogP contribution in [-0.4, -0.2) is 18.5 Å². The molecule has 0 aromatic heterocycles. The van der Waals surface area contributed by atoms with Gasteiger partial charge in [0.15, 0.2) is 0 Å². The molecule has 5 N–H and O–H groups in total. The Kier molecular flexibility index (Phi) is 5.97. The van der Waals surface area contributed by atoms with Crippen LogP contribution in [0.5, 0.6) is 0 Å². The summed E-state index contributed by atoms with van der Waals surface area (Å²) in [6.07, 6.45) is 0.817. The Hall–Kier alpha value is -2.34. The van der Waals surface area contributed by atoms with Crippen molar-refractivity contribution >= 4 is 33.5 Å². The summed E-state index contributed by atoms with van der Waals surface area (Å²) in [6.45, 7) is 0.574. The minimum absolute atomic E-state index is 0.165. The normalized spacial score (nSPS) is 12.2. The number of aliphatic imine (C=N–C) groups is 2. The Labute approximate surface area is 138 Å². The lowest BCUT2D eigenvalue weighted by Gasteiger charge is -2.05. The summed E-state index contributed by atoms with van der Waals surface area (Å²) in [4.78, 5) is 8.22. The Morgan fingerprint density at radius 1 is 1.00 bits per heavy atom. The van der Waals surface area contributed by atoms with Crippen molar-refractivity contribution in [1.82, 2.24) is 0 Å². The molecule has 0 radical (unpaired) electrons. The van der Waals surface area contributed by atoms with Crippen molar-refractivity contribution in [2.24, 2.45) is 21.5 Å². The van der Waals surface area contributed by atoms with Crippen LogP contribution in [0.25, 0.3) is 0 Å². The number of nitrogens with one attached hydrogen (secondary N) is 1. The Balaban J connectivity index is 1.87. The number of benzene rings is 2. The first-order chi connectivity index (χ1) is 10.6. The van der Waals surface area contributed by atoms with E-state index < -0.39 is 0 Å². The molecular formula is C16H18BrN5. The number of nitrogens with zero attached hydrogens (tertiary/aromatic N) is 2. The molecule has 0 heterocycles. The van der Waals surface area contributed by atoms with E-state index in [2.05, 4.69) is 43.4 Å². The molecule has 6 heteroatoms. The van der Waals surface area contributed by atoms with Crippen LogP contribution < -0.4 is 16.8 Å². The Morgan fingerprint density at radius 3 is 2.36 bits per heavy atom. The smallest absolute Gasteiger partial charge is 0.218 e. The molecule has 0 atom stereocenters. The first kappa shape index (κ1) is 16.0. The summed E-state index contributed by atoms with van der Waals surface area (Å²) in [6, 6.07) is 17.7. The van der Waals surface area contributed by atoms with Gasteiger partial charge < -0.3 is 16.8 Å². The summed E-state index contributed by atoms with van der Waals surface area (Å²) in [5.41, 5.74) is 13.6. The van der Waals surface area contributed by atoms with E-state index in [-0.39, 0.29) is 11.9 Å². The van der Waals surface area contributed by atoms with Crippen LogP contribution in [0, 0.1) is 0 Å². The number of nitrogens with two attached hydrogens (primary N) is 2. The minimum atomic E-state index is 0.165. The van der Waals surface area contributed by atoms with Gasteiger partial charge in [0.2, 0.25) is 11.9 Å². The maximum atomic E-state index is 5.79. The highest BCUT2D eigenvalue weighted by Gasteiger charge is 1.97.